The number of nitrogens with zero attached hydrogens (tertiary/aromatic N) is 2. The predicted octanol–water partition coefficient (Wildman–Crippen LogP) is 3.69. The lowest BCUT2D eigenvalue weighted by Gasteiger charge is -2.20. The minimum absolute atomic E-state index is 0.0198. The average Bonchev–Trinajstić information content (AvgIpc) is 2.93. The van der Waals surface area contributed by atoms with E-state index in [9.17, 15) is 19.5 Å². The van der Waals surface area contributed by atoms with Crippen molar-refractivity contribution in [3.05, 3.63) is 117 Å². The van der Waals surface area contributed by atoms with Gasteiger partial charge in [-0.15, -0.1) is 0 Å². The molecule has 0 unspecified atom stereocenters. The first-order chi connectivity index (χ1) is 18.0. The van der Waals surface area contributed by atoms with Gasteiger partial charge in [-0.25, -0.2) is 9.78 Å². The highest BCUT2D eigenvalue weighted by atomic mass is 16.4. The third-order valence-electron chi connectivity index (χ3n) is 6.03. The van der Waals surface area contributed by atoms with Crippen molar-refractivity contribution in [1.29, 1.82) is 0 Å². The number of aromatic nitrogens is 2. The fourth-order valence-electron chi connectivity index (χ4n) is 4.07. The van der Waals surface area contributed by atoms with E-state index < -0.39 is 22.9 Å². The van der Waals surface area contributed by atoms with Crippen LogP contribution in [0.15, 0.2) is 94.8 Å². The lowest BCUT2D eigenvalue weighted by molar-refractivity contribution is -0.137. The summed E-state index contributed by atoms with van der Waals surface area (Å²) < 4.78 is 0. The summed E-state index contributed by atoms with van der Waals surface area (Å²) in [7, 11) is 0. The summed E-state index contributed by atoms with van der Waals surface area (Å²) in [6.45, 7) is 0.234. The Bertz CT molecular complexity index is 1620. The topological polar surface area (TPSA) is 133 Å². The molecule has 2 aromatic heterocycles. The van der Waals surface area contributed by atoms with Gasteiger partial charge in [-0.05, 0) is 41.3 Å². The number of hydrogen-bond acceptors (Lipinski definition) is 8. The maximum atomic E-state index is 12.2. The molecule has 0 bridgehead atoms. The molecule has 0 saturated heterocycles. The zero-order valence-electron chi connectivity index (χ0n) is 19.6. The van der Waals surface area contributed by atoms with Gasteiger partial charge in [0, 0.05) is 29.9 Å². The molecule has 37 heavy (non-hydrogen) atoms. The number of rotatable bonds is 10. The van der Waals surface area contributed by atoms with Gasteiger partial charge in [0.05, 0.1) is 12.2 Å². The fourth-order valence-corrected chi connectivity index (χ4v) is 4.07. The Kier molecular flexibility index (Phi) is 6.58. The molecule has 0 aliphatic heterocycles. The molecule has 5 aromatic rings. The van der Waals surface area contributed by atoms with E-state index in [0.29, 0.717) is 5.69 Å². The van der Waals surface area contributed by atoms with Crippen LogP contribution in [-0.2, 0) is 17.8 Å². The normalized spacial score (nSPS) is 11.8. The molecule has 0 amide bonds. The third-order valence-corrected chi connectivity index (χ3v) is 6.03. The monoisotopic (exact) mass is 493 g/mol. The van der Waals surface area contributed by atoms with E-state index >= 15 is 0 Å². The molecule has 9 heteroatoms. The molecule has 0 radical (unpaired) electrons. The van der Waals surface area contributed by atoms with Gasteiger partial charge in [0.1, 0.15) is 23.2 Å². The van der Waals surface area contributed by atoms with Gasteiger partial charge in [-0.3, -0.25) is 14.6 Å². The van der Waals surface area contributed by atoms with Crippen LogP contribution in [0.5, 0.6) is 0 Å². The SMILES string of the molecule is O=C(O)[C@H](Cc1ccc(Nc2nccc3ccccc23)cc1)Nc1c(NCc2ccccn2)c(=O)c1=O. The lowest BCUT2D eigenvalue weighted by atomic mass is 10.0. The van der Waals surface area contributed by atoms with Crippen LogP contribution in [0, 0.1) is 0 Å². The highest BCUT2D eigenvalue weighted by molar-refractivity contribution is 5.93. The second-order valence-electron chi connectivity index (χ2n) is 8.52. The molecule has 4 N–H and O–H groups in total. The number of nitrogens with one attached hydrogen (secondary N) is 3. The molecule has 0 spiro atoms. The highest BCUT2D eigenvalue weighted by Crippen LogP contribution is 2.25. The zero-order chi connectivity index (χ0) is 25.8. The largest absolute Gasteiger partial charge is 0.480 e. The van der Waals surface area contributed by atoms with Crippen LogP contribution < -0.4 is 26.8 Å². The minimum atomic E-state index is -1.13. The van der Waals surface area contributed by atoms with Crippen molar-refractivity contribution >= 4 is 39.6 Å². The number of anilines is 4. The zero-order valence-corrected chi connectivity index (χ0v) is 19.6. The Morgan fingerprint density at radius 3 is 2.35 bits per heavy atom. The van der Waals surface area contributed by atoms with E-state index in [1.54, 1.807) is 24.5 Å². The van der Waals surface area contributed by atoms with Gasteiger partial charge in [0.25, 0.3) is 10.9 Å². The molecule has 0 aliphatic carbocycles. The quantitative estimate of drug-likeness (QED) is 0.215. The first kappa shape index (κ1) is 23.7. The molecule has 0 aliphatic rings. The van der Waals surface area contributed by atoms with Crippen LogP contribution in [0.2, 0.25) is 0 Å². The van der Waals surface area contributed by atoms with Crippen molar-refractivity contribution in [2.75, 3.05) is 16.0 Å². The number of benzene rings is 2. The molecule has 0 fully saturated rings. The smallest absolute Gasteiger partial charge is 0.326 e. The molecular formula is C28H23N5O4. The third kappa shape index (κ3) is 5.15. The van der Waals surface area contributed by atoms with Gasteiger partial charge < -0.3 is 21.1 Å². The summed E-state index contributed by atoms with van der Waals surface area (Å²) in [6.07, 6.45) is 3.47. The highest BCUT2D eigenvalue weighted by Gasteiger charge is 2.26. The Labute approximate surface area is 211 Å². The van der Waals surface area contributed by atoms with Crippen LogP contribution in [0.3, 0.4) is 0 Å². The number of carboxylic acids is 1. The average molecular weight is 494 g/mol. The maximum Gasteiger partial charge on any atom is 0.326 e. The molecular weight excluding hydrogens is 470 g/mol. The number of fused-ring (bicyclic) bond motifs is 1. The molecule has 2 heterocycles. The van der Waals surface area contributed by atoms with Crippen LogP contribution in [-0.4, -0.2) is 27.1 Å². The maximum absolute atomic E-state index is 12.2. The number of hydrogen-bond donors (Lipinski definition) is 4. The van der Waals surface area contributed by atoms with E-state index in [2.05, 4.69) is 25.9 Å². The van der Waals surface area contributed by atoms with E-state index in [0.717, 1.165) is 27.8 Å². The lowest BCUT2D eigenvalue weighted by Crippen LogP contribution is -2.42. The van der Waals surface area contributed by atoms with Gasteiger partial charge in [-0.1, -0.05) is 42.5 Å². The van der Waals surface area contributed by atoms with Crippen molar-refractivity contribution in [2.45, 2.75) is 19.0 Å². The molecule has 9 nitrogen and oxygen atoms in total. The Morgan fingerprint density at radius 1 is 0.838 bits per heavy atom. The second-order valence-corrected chi connectivity index (χ2v) is 8.52. The van der Waals surface area contributed by atoms with E-state index in [4.69, 9.17) is 0 Å². The summed E-state index contributed by atoms with van der Waals surface area (Å²) in [4.78, 5) is 44.8. The van der Waals surface area contributed by atoms with E-state index in [-0.39, 0.29) is 24.3 Å². The molecule has 184 valence electrons. The van der Waals surface area contributed by atoms with Gasteiger partial charge in [-0.2, -0.15) is 0 Å². The number of aliphatic carboxylic acids is 1. The molecule has 3 aromatic carbocycles. The van der Waals surface area contributed by atoms with Gasteiger partial charge in [0.2, 0.25) is 0 Å². The number of carboxylic acid groups (broad SMARTS) is 1. The first-order valence-electron chi connectivity index (χ1n) is 11.7. The Hall–Kier alpha value is -5.05. The molecule has 0 saturated carbocycles. The first-order valence-corrected chi connectivity index (χ1v) is 11.7. The summed E-state index contributed by atoms with van der Waals surface area (Å²) in [5.41, 5.74) is 0.868. The van der Waals surface area contributed by atoms with Crippen LogP contribution in [0.1, 0.15) is 11.3 Å². The number of pyridine rings is 2. The summed E-state index contributed by atoms with van der Waals surface area (Å²) in [5, 5.41) is 20.8. The van der Waals surface area contributed by atoms with Crippen LogP contribution in [0.4, 0.5) is 22.9 Å². The van der Waals surface area contributed by atoms with Crippen molar-refractivity contribution in [3.63, 3.8) is 0 Å². The second kappa shape index (κ2) is 10.3. The van der Waals surface area contributed by atoms with Crippen molar-refractivity contribution < 1.29 is 9.90 Å². The Balaban J connectivity index is 1.27. The van der Waals surface area contributed by atoms with Crippen LogP contribution in [0.25, 0.3) is 10.8 Å². The summed E-state index contributed by atoms with van der Waals surface area (Å²) in [6, 6.07) is 21.4. The molecule has 1 atom stereocenters. The Morgan fingerprint density at radius 2 is 1.59 bits per heavy atom. The van der Waals surface area contributed by atoms with Gasteiger partial charge in [0.15, 0.2) is 0 Å². The fraction of sp³-hybridized carbons (Fsp3) is 0.107. The minimum Gasteiger partial charge on any atom is -0.480 e. The van der Waals surface area contributed by atoms with Crippen molar-refractivity contribution in [2.24, 2.45) is 0 Å². The predicted molar refractivity (Wildman–Crippen MR) is 143 cm³/mol. The van der Waals surface area contributed by atoms with Crippen molar-refractivity contribution in [3.8, 4) is 0 Å². The van der Waals surface area contributed by atoms with E-state index in [1.165, 1.54) is 0 Å². The standard InChI is InChI=1S/C28H23N5O4/c34-25-23(31-16-20-6-3-4-13-29-20)24(26(25)35)33-22(28(36)37)15-17-8-10-19(11-9-17)32-27-21-7-2-1-5-18(21)12-14-30-27/h1-14,22,31,33H,15-16H2,(H,30,32)(H,36,37)/t22-/m0/s1. The summed E-state index contributed by atoms with van der Waals surface area (Å²) >= 11 is 0. The summed E-state index contributed by atoms with van der Waals surface area (Å²) in [5.74, 6) is -0.410. The van der Waals surface area contributed by atoms with Crippen molar-refractivity contribution in [1.82, 2.24) is 9.97 Å². The van der Waals surface area contributed by atoms with E-state index in [1.807, 2.05) is 60.7 Å². The van der Waals surface area contributed by atoms with Gasteiger partial charge >= 0.3 is 5.97 Å². The molecule has 5 rings (SSSR count). The number of carbonyl (C=O) groups is 1. The van der Waals surface area contributed by atoms with Crippen LogP contribution >= 0.6 is 0 Å².